The van der Waals surface area contributed by atoms with Crippen molar-refractivity contribution in [3.05, 3.63) is 60.2 Å². The third-order valence-corrected chi connectivity index (χ3v) is 2.28. The monoisotopic (exact) mass is 230 g/mol. The van der Waals surface area contributed by atoms with Crippen LogP contribution in [0, 0.1) is 0 Å². The fraction of sp³-hybridized carbons (Fsp3) is 0.0714. The fourth-order valence-electron chi connectivity index (χ4n) is 1.41. The highest BCUT2D eigenvalue weighted by Crippen LogP contribution is 2.21. The van der Waals surface area contributed by atoms with Crippen LogP contribution in [0.2, 0.25) is 0 Å². The van der Waals surface area contributed by atoms with Gasteiger partial charge in [-0.2, -0.15) is 0 Å². The number of carbonyl (C=O) groups is 1. The number of hydrogen-bond acceptors (Lipinski definition) is 2. The van der Waals surface area contributed by atoms with E-state index in [-0.39, 0.29) is 0 Å². The van der Waals surface area contributed by atoms with Crippen molar-refractivity contribution in [2.75, 3.05) is 6.67 Å². The Labute approximate surface area is 98.7 Å². The molecule has 3 heteroatoms. The summed E-state index contributed by atoms with van der Waals surface area (Å²) in [6, 6.07) is 15.7. The van der Waals surface area contributed by atoms with E-state index < -0.39 is 12.5 Å². The average molecular weight is 230 g/mol. The van der Waals surface area contributed by atoms with Crippen LogP contribution in [0.3, 0.4) is 0 Å². The quantitative estimate of drug-likeness (QED) is 0.749. The zero-order valence-corrected chi connectivity index (χ0v) is 9.10. The van der Waals surface area contributed by atoms with Crippen molar-refractivity contribution in [3.63, 3.8) is 0 Å². The molecule has 86 valence electrons. The number of rotatable bonds is 4. The molecule has 0 aromatic heterocycles. The summed E-state index contributed by atoms with van der Waals surface area (Å²) >= 11 is 0. The van der Waals surface area contributed by atoms with Gasteiger partial charge in [0.1, 0.15) is 11.5 Å². The first-order valence-electron chi connectivity index (χ1n) is 5.22. The maximum Gasteiger partial charge on any atom is 0.193 e. The van der Waals surface area contributed by atoms with E-state index in [2.05, 4.69) is 0 Å². The lowest BCUT2D eigenvalue weighted by molar-refractivity contribution is 0.0958. The second kappa shape index (κ2) is 5.25. The number of ketones is 1. The molecule has 17 heavy (non-hydrogen) atoms. The number of hydrogen-bond donors (Lipinski definition) is 0. The summed E-state index contributed by atoms with van der Waals surface area (Å²) in [7, 11) is 0. The molecule has 2 nitrogen and oxygen atoms in total. The Morgan fingerprint density at radius 1 is 0.941 bits per heavy atom. The zero-order valence-electron chi connectivity index (χ0n) is 9.10. The van der Waals surface area contributed by atoms with E-state index in [4.69, 9.17) is 4.74 Å². The first kappa shape index (κ1) is 11.3. The summed E-state index contributed by atoms with van der Waals surface area (Å²) in [6.45, 7) is -0.973. The maximum atomic E-state index is 12.1. The van der Waals surface area contributed by atoms with Gasteiger partial charge >= 0.3 is 0 Å². The third kappa shape index (κ3) is 2.91. The first-order chi connectivity index (χ1) is 8.29. The highest BCUT2D eigenvalue weighted by atomic mass is 19.1. The minimum absolute atomic E-state index is 0.355. The Morgan fingerprint density at radius 3 is 2.12 bits per heavy atom. The number of Topliss-reactive ketones (excluding diaryl/α,β-unsaturated/α-hetero) is 1. The minimum atomic E-state index is -0.973. The van der Waals surface area contributed by atoms with Gasteiger partial charge in [0.25, 0.3) is 0 Å². The van der Waals surface area contributed by atoms with Crippen molar-refractivity contribution in [1.29, 1.82) is 0 Å². The van der Waals surface area contributed by atoms with Crippen molar-refractivity contribution in [2.45, 2.75) is 0 Å². The van der Waals surface area contributed by atoms with Gasteiger partial charge in [0.2, 0.25) is 0 Å². The summed E-state index contributed by atoms with van der Waals surface area (Å²) in [6.07, 6.45) is 0. The zero-order chi connectivity index (χ0) is 12.1. The third-order valence-electron chi connectivity index (χ3n) is 2.28. The van der Waals surface area contributed by atoms with Gasteiger partial charge in [0, 0.05) is 5.56 Å². The number of carbonyl (C=O) groups excluding carboxylic acids is 1. The molecule has 0 aliphatic carbocycles. The summed E-state index contributed by atoms with van der Waals surface area (Å²) in [5.74, 6) is 0.819. The Balaban J connectivity index is 2.11. The molecule has 0 heterocycles. The van der Waals surface area contributed by atoms with E-state index >= 15 is 0 Å². The van der Waals surface area contributed by atoms with Gasteiger partial charge in [-0.3, -0.25) is 4.79 Å². The van der Waals surface area contributed by atoms with E-state index in [9.17, 15) is 9.18 Å². The molecule has 0 radical (unpaired) electrons. The van der Waals surface area contributed by atoms with Gasteiger partial charge in [-0.05, 0) is 36.4 Å². The van der Waals surface area contributed by atoms with E-state index in [1.165, 1.54) is 0 Å². The van der Waals surface area contributed by atoms with Gasteiger partial charge in [-0.1, -0.05) is 18.2 Å². The highest BCUT2D eigenvalue weighted by Gasteiger charge is 2.04. The molecule has 2 aromatic rings. The Bertz CT molecular complexity index is 491. The molecule has 0 fully saturated rings. The van der Waals surface area contributed by atoms with Crippen LogP contribution in [0.5, 0.6) is 11.5 Å². The second-order valence-corrected chi connectivity index (χ2v) is 3.50. The van der Waals surface area contributed by atoms with Crippen LogP contribution >= 0.6 is 0 Å². The van der Waals surface area contributed by atoms with E-state index in [1.807, 2.05) is 30.3 Å². The molecule has 0 N–H and O–H groups in total. The molecule has 0 atom stereocenters. The van der Waals surface area contributed by atoms with E-state index in [0.29, 0.717) is 11.3 Å². The molecular weight excluding hydrogens is 219 g/mol. The Kier molecular flexibility index (Phi) is 3.50. The molecule has 2 aromatic carbocycles. The summed E-state index contributed by atoms with van der Waals surface area (Å²) in [4.78, 5) is 11.1. The molecule has 0 aliphatic rings. The lowest BCUT2D eigenvalue weighted by Gasteiger charge is -2.05. The highest BCUT2D eigenvalue weighted by molar-refractivity contribution is 5.97. The van der Waals surface area contributed by atoms with Crippen molar-refractivity contribution in [2.24, 2.45) is 0 Å². The molecule has 2 rings (SSSR count). The topological polar surface area (TPSA) is 26.3 Å². The molecule has 0 amide bonds. The molecule has 0 unspecified atom stereocenters. The number of alkyl halides is 1. The summed E-state index contributed by atoms with van der Waals surface area (Å²) < 4.78 is 17.7. The summed E-state index contributed by atoms with van der Waals surface area (Å²) in [5, 5.41) is 0. The normalized spacial score (nSPS) is 9.94. The van der Waals surface area contributed by atoms with Gasteiger partial charge in [0.05, 0.1) is 0 Å². The van der Waals surface area contributed by atoms with Crippen molar-refractivity contribution < 1.29 is 13.9 Å². The number of para-hydroxylation sites is 1. The number of benzene rings is 2. The molecule has 0 aliphatic heterocycles. The van der Waals surface area contributed by atoms with Gasteiger partial charge < -0.3 is 4.74 Å². The van der Waals surface area contributed by atoms with Crippen LogP contribution < -0.4 is 4.74 Å². The second-order valence-electron chi connectivity index (χ2n) is 3.50. The van der Waals surface area contributed by atoms with Gasteiger partial charge in [0.15, 0.2) is 12.5 Å². The smallest absolute Gasteiger partial charge is 0.193 e. The van der Waals surface area contributed by atoms with Crippen LogP contribution in [-0.4, -0.2) is 12.5 Å². The SMILES string of the molecule is O=C(CF)c1ccc(Oc2ccccc2)cc1. The van der Waals surface area contributed by atoms with Crippen LogP contribution in [0.25, 0.3) is 0 Å². The van der Waals surface area contributed by atoms with Gasteiger partial charge in [-0.15, -0.1) is 0 Å². The number of ether oxygens (including phenoxy) is 1. The van der Waals surface area contributed by atoms with Crippen LogP contribution in [0.15, 0.2) is 54.6 Å². The van der Waals surface area contributed by atoms with Crippen LogP contribution in [0.4, 0.5) is 4.39 Å². The first-order valence-corrected chi connectivity index (χ1v) is 5.22. The van der Waals surface area contributed by atoms with Crippen LogP contribution in [0.1, 0.15) is 10.4 Å². The molecule has 0 saturated heterocycles. The lowest BCUT2D eigenvalue weighted by atomic mass is 10.1. The predicted molar refractivity (Wildman–Crippen MR) is 63.3 cm³/mol. The Morgan fingerprint density at radius 2 is 1.53 bits per heavy atom. The van der Waals surface area contributed by atoms with Crippen molar-refractivity contribution in [1.82, 2.24) is 0 Å². The van der Waals surface area contributed by atoms with Crippen molar-refractivity contribution in [3.8, 4) is 11.5 Å². The molecule has 0 bridgehead atoms. The predicted octanol–water partition coefficient (Wildman–Crippen LogP) is 3.63. The number of halogens is 1. The lowest BCUT2D eigenvalue weighted by Crippen LogP contribution is -2.00. The minimum Gasteiger partial charge on any atom is -0.457 e. The molecular formula is C14H11FO2. The van der Waals surface area contributed by atoms with Crippen LogP contribution in [-0.2, 0) is 0 Å². The fourth-order valence-corrected chi connectivity index (χ4v) is 1.41. The molecule has 0 spiro atoms. The molecule has 0 saturated carbocycles. The maximum absolute atomic E-state index is 12.1. The Hall–Kier alpha value is -2.16. The summed E-state index contributed by atoms with van der Waals surface area (Å²) in [5.41, 5.74) is 0.355. The standard InChI is InChI=1S/C14H11FO2/c15-10-14(16)11-6-8-13(9-7-11)17-12-4-2-1-3-5-12/h1-9H,10H2. The van der Waals surface area contributed by atoms with E-state index in [0.717, 1.165) is 5.75 Å². The van der Waals surface area contributed by atoms with Gasteiger partial charge in [-0.25, -0.2) is 4.39 Å². The average Bonchev–Trinajstić information content (AvgIpc) is 2.40. The van der Waals surface area contributed by atoms with E-state index in [1.54, 1.807) is 24.3 Å². The largest absolute Gasteiger partial charge is 0.457 e. The van der Waals surface area contributed by atoms with Crippen molar-refractivity contribution >= 4 is 5.78 Å².